The Morgan fingerprint density at radius 3 is 2.72 bits per heavy atom. The van der Waals surface area contributed by atoms with Crippen LogP contribution in [0.4, 0.5) is 0 Å². The van der Waals surface area contributed by atoms with Crippen LogP contribution in [0, 0.1) is 6.92 Å². The van der Waals surface area contributed by atoms with E-state index >= 15 is 0 Å². The molecule has 6 rings (SSSR count). The summed E-state index contributed by atoms with van der Waals surface area (Å²) in [6.45, 7) is 3.59. The molecule has 5 aromatic heterocycles. The predicted octanol–water partition coefficient (Wildman–Crippen LogP) is 6.15. The first-order valence-corrected chi connectivity index (χ1v) is 12.6. The number of aromatic nitrogens is 5. The van der Waals surface area contributed by atoms with E-state index in [-0.39, 0.29) is 0 Å². The zero-order valence-corrected chi connectivity index (χ0v) is 21.2. The number of fused-ring (bicyclic) bond motifs is 2. The highest BCUT2D eigenvalue weighted by molar-refractivity contribution is 7.15. The number of aromatic amines is 2. The second-order valence-electron chi connectivity index (χ2n) is 9.11. The van der Waals surface area contributed by atoms with Gasteiger partial charge in [0, 0.05) is 50.6 Å². The zero-order valence-electron chi connectivity index (χ0n) is 20.4. The number of nitrogens with zero attached hydrogens (tertiary/aromatic N) is 4. The molecule has 0 radical (unpaired) electrons. The van der Waals surface area contributed by atoms with Crippen LogP contribution in [0.2, 0.25) is 0 Å². The SMILES string of the molecule is Cc1ccc(-c2ccnc3[nH]c(-c4n[nH]c5ccc(-c6cncc(OCCN(C)C)c6)cc45)cc23)s1. The third kappa shape index (κ3) is 4.25. The maximum absolute atomic E-state index is 5.89. The minimum atomic E-state index is 0.616. The molecule has 6 aromatic rings. The van der Waals surface area contributed by atoms with E-state index in [1.165, 1.54) is 15.3 Å². The van der Waals surface area contributed by atoms with E-state index in [0.717, 1.165) is 56.7 Å². The van der Waals surface area contributed by atoms with Crippen molar-refractivity contribution in [3.05, 3.63) is 72.0 Å². The normalized spacial score (nSPS) is 11.7. The molecule has 0 bridgehead atoms. The van der Waals surface area contributed by atoms with Crippen molar-refractivity contribution in [2.75, 3.05) is 27.2 Å². The van der Waals surface area contributed by atoms with E-state index in [2.05, 4.69) is 79.4 Å². The van der Waals surface area contributed by atoms with Gasteiger partial charge in [-0.15, -0.1) is 11.3 Å². The molecule has 0 aliphatic carbocycles. The van der Waals surface area contributed by atoms with Crippen molar-refractivity contribution in [3.63, 3.8) is 0 Å². The molecular formula is C28H26N6OS. The molecule has 0 aliphatic rings. The van der Waals surface area contributed by atoms with E-state index in [9.17, 15) is 0 Å². The zero-order chi connectivity index (χ0) is 24.6. The van der Waals surface area contributed by atoms with Crippen LogP contribution in [0.15, 0.2) is 67.1 Å². The lowest BCUT2D eigenvalue weighted by Crippen LogP contribution is -2.19. The summed E-state index contributed by atoms with van der Waals surface area (Å²) in [6.07, 6.45) is 5.47. The van der Waals surface area contributed by atoms with Gasteiger partial charge in [-0.3, -0.25) is 10.1 Å². The topological polar surface area (TPSA) is 82.7 Å². The van der Waals surface area contributed by atoms with Crippen molar-refractivity contribution in [2.24, 2.45) is 0 Å². The highest BCUT2D eigenvalue weighted by Crippen LogP contribution is 2.36. The summed E-state index contributed by atoms with van der Waals surface area (Å²) < 4.78 is 5.89. The van der Waals surface area contributed by atoms with Gasteiger partial charge in [0.05, 0.1) is 17.4 Å². The lowest BCUT2D eigenvalue weighted by molar-refractivity contribution is 0.261. The summed E-state index contributed by atoms with van der Waals surface area (Å²) in [5, 5.41) is 9.95. The Bertz CT molecular complexity index is 1680. The summed E-state index contributed by atoms with van der Waals surface area (Å²) in [5.74, 6) is 0.764. The maximum atomic E-state index is 5.89. The fraction of sp³-hybridized carbons (Fsp3) is 0.179. The second kappa shape index (κ2) is 9.22. The summed E-state index contributed by atoms with van der Waals surface area (Å²) in [5.41, 5.74) is 6.86. The molecule has 0 fully saturated rings. The molecule has 0 spiro atoms. The van der Waals surface area contributed by atoms with Crippen molar-refractivity contribution in [1.82, 2.24) is 30.0 Å². The number of thiophene rings is 1. The van der Waals surface area contributed by atoms with Crippen LogP contribution < -0.4 is 4.74 Å². The van der Waals surface area contributed by atoms with Gasteiger partial charge < -0.3 is 14.6 Å². The average Bonchev–Trinajstić information content (AvgIpc) is 3.61. The molecule has 2 N–H and O–H groups in total. The van der Waals surface area contributed by atoms with E-state index < -0.39 is 0 Å². The van der Waals surface area contributed by atoms with Crippen LogP contribution in [-0.2, 0) is 0 Å². The first-order chi connectivity index (χ1) is 17.5. The number of ether oxygens (including phenoxy) is 1. The Morgan fingerprint density at radius 1 is 0.972 bits per heavy atom. The Kier molecular flexibility index (Phi) is 5.75. The molecule has 1 aromatic carbocycles. The first kappa shape index (κ1) is 22.5. The summed E-state index contributed by atoms with van der Waals surface area (Å²) >= 11 is 1.79. The van der Waals surface area contributed by atoms with Gasteiger partial charge in [-0.1, -0.05) is 6.07 Å². The molecular weight excluding hydrogens is 468 g/mol. The van der Waals surface area contributed by atoms with Crippen LogP contribution in [0.1, 0.15) is 4.88 Å². The third-order valence-electron chi connectivity index (χ3n) is 6.21. The summed E-state index contributed by atoms with van der Waals surface area (Å²) in [4.78, 5) is 17.1. The highest BCUT2D eigenvalue weighted by Gasteiger charge is 2.15. The Balaban J connectivity index is 1.37. The van der Waals surface area contributed by atoms with Gasteiger partial charge in [-0.05, 0) is 69.0 Å². The van der Waals surface area contributed by atoms with Gasteiger partial charge in [0.15, 0.2) is 0 Å². The number of hydrogen-bond acceptors (Lipinski definition) is 6. The quantitative estimate of drug-likeness (QED) is 0.278. The van der Waals surface area contributed by atoms with Gasteiger partial charge in [0.1, 0.15) is 23.7 Å². The van der Waals surface area contributed by atoms with Crippen LogP contribution in [0.3, 0.4) is 0 Å². The van der Waals surface area contributed by atoms with E-state index in [0.29, 0.717) is 6.61 Å². The highest BCUT2D eigenvalue weighted by atomic mass is 32.1. The molecule has 0 saturated carbocycles. The number of H-pyrrole nitrogens is 2. The smallest absolute Gasteiger partial charge is 0.138 e. The van der Waals surface area contributed by atoms with Crippen molar-refractivity contribution in [2.45, 2.75) is 6.92 Å². The molecule has 8 heteroatoms. The Morgan fingerprint density at radius 2 is 1.89 bits per heavy atom. The third-order valence-corrected chi connectivity index (χ3v) is 7.24. The van der Waals surface area contributed by atoms with Gasteiger partial charge in [-0.2, -0.15) is 5.10 Å². The molecule has 36 heavy (non-hydrogen) atoms. The van der Waals surface area contributed by atoms with E-state index in [4.69, 9.17) is 4.74 Å². The molecule has 0 unspecified atom stereocenters. The van der Waals surface area contributed by atoms with Gasteiger partial charge in [0.25, 0.3) is 0 Å². The van der Waals surface area contributed by atoms with Crippen LogP contribution in [-0.4, -0.2) is 57.3 Å². The maximum Gasteiger partial charge on any atom is 0.138 e. The van der Waals surface area contributed by atoms with Gasteiger partial charge >= 0.3 is 0 Å². The molecule has 5 heterocycles. The van der Waals surface area contributed by atoms with Crippen LogP contribution >= 0.6 is 11.3 Å². The molecule has 7 nitrogen and oxygen atoms in total. The minimum Gasteiger partial charge on any atom is -0.491 e. The lowest BCUT2D eigenvalue weighted by Gasteiger charge is -2.11. The number of hydrogen-bond donors (Lipinski definition) is 2. The van der Waals surface area contributed by atoms with Crippen LogP contribution in [0.25, 0.3) is 54.9 Å². The fourth-order valence-corrected chi connectivity index (χ4v) is 5.26. The molecule has 180 valence electrons. The molecule has 0 atom stereocenters. The molecule has 0 saturated heterocycles. The van der Waals surface area contributed by atoms with E-state index in [1.54, 1.807) is 17.5 Å². The first-order valence-electron chi connectivity index (χ1n) is 11.8. The van der Waals surface area contributed by atoms with Gasteiger partial charge in [-0.25, -0.2) is 4.98 Å². The summed E-state index contributed by atoms with van der Waals surface area (Å²) in [6, 6.07) is 16.9. The van der Waals surface area contributed by atoms with Crippen LogP contribution in [0.5, 0.6) is 5.75 Å². The molecule has 0 amide bonds. The monoisotopic (exact) mass is 494 g/mol. The van der Waals surface area contributed by atoms with Crippen molar-refractivity contribution in [1.29, 1.82) is 0 Å². The van der Waals surface area contributed by atoms with Crippen molar-refractivity contribution in [3.8, 4) is 38.7 Å². The Labute approximate surface area is 212 Å². The number of rotatable bonds is 7. The van der Waals surface area contributed by atoms with Gasteiger partial charge in [0.2, 0.25) is 0 Å². The number of nitrogens with one attached hydrogen (secondary N) is 2. The Hall–Kier alpha value is -4.01. The number of pyridine rings is 2. The summed E-state index contributed by atoms with van der Waals surface area (Å²) in [7, 11) is 4.06. The second-order valence-corrected chi connectivity index (χ2v) is 10.4. The standard InChI is InChI=1S/C28H26N6OS/c1-17-4-7-26(36-17)21-8-9-30-28-22(21)14-25(31-28)27-23-13-18(5-6-24(23)32-33-27)19-12-20(16-29-15-19)35-11-10-34(2)3/h4-9,12-16H,10-11H2,1-3H3,(H,30,31)(H,32,33). The minimum absolute atomic E-state index is 0.616. The predicted molar refractivity (Wildman–Crippen MR) is 147 cm³/mol. The van der Waals surface area contributed by atoms with Crippen molar-refractivity contribution >= 4 is 33.3 Å². The largest absolute Gasteiger partial charge is 0.491 e. The van der Waals surface area contributed by atoms with E-state index in [1.807, 2.05) is 32.6 Å². The number of benzene rings is 1. The fourth-order valence-electron chi connectivity index (χ4n) is 4.35. The van der Waals surface area contributed by atoms with Crippen molar-refractivity contribution < 1.29 is 4.74 Å². The molecule has 0 aliphatic heterocycles. The number of aryl methyl sites for hydroxylation is 1. The lowest BCUT2D eigenvalue weighted by atomic mass is 10.0. The number of likely N-dealkylation sites (N-methyl/N-ethyl adjacent to an activating group) is 1. The average molecular weight is 495 g/mol.